The van der Waals surface area contributed by atoms with Crippen LogP contribution in [0.25, 0.3) is 0 Å². The zero-order valence-electron chi connectivity index (χ0n) is 18.1. The zero-order chi connectivity index (χ0) is 29.0. The van der Waals surface area contributed by atoms with E-state index >= 15 is 0 Å². The van der Waals surface area contributed by atoms with Crippen LogP contribution in [-0.2, 0) is 57.8 Å². The van der Waals surface area contributed by atoms with Gasteiger partial charge in [-0.05, 0) is 22.6 Å². The lowest BCUT2D eigenvalue weighted by Crippen LogP contribution is -2.56. The van der Waals surface area contributed by atoms with Crippen molar-refractivity contribution >= 4 is 60.8 Å². The molecule has 3 heterocycles. The summed E-state index contributed by atoms with van der Waals surface area (Å²) < 4.78 is 137. The third-order valence-corrected chi connectivity index (χ3v) is 8.95. The van der Waals surface area contributed by atoms with E-state index in [-0.39, 0.29) is 7.71 Å². The first-order valence-corrected chi connectivity index (χ1v) is 13.8. The number of carbonyl (C=O) groups excluding carboxylic acids is 3. The Morgan fingerprint density at radius 1 is 1.08 bits per heavy atom. The summed E-state index contributed by atoms with van der Waals surface area (Å²) in [5.74, 6) is -6.00. The lowest BCUT2D eigenvalue weighted by atomic mass is 9.78. The molecule has 0 saturated carbocycles. The van der Waals surface area contributed by atoms with Crippen molar-refractivity contribution in [3.63, 3.8) is 0 Å². The number of sulfonamides is 1. The second kappa shape index (κ2) is 10.3. The van der Waals surface area contributed by atoms with Gasteiger partial charge in [0.2, 0.25) is 6.10 Å². The molecule has 2 bridgehead atoms. The molecule has 0 aromatic rings. The van der Waals surface area contributed by atoms with Gasteiger partial charge in [0.05, 0.1) is 3.58 Å². The van der Waals surface area contributed by atoms with E-state index in [9.17, 15) is 53.2 Å². The number of esters is 3. The van der Waals surface area contributed by atoms with E-state index in [2.05, 4.69) is 10.8 Å². The van der Waals surface area contributed by atoms with Gasteiger partial charge in [0.25, 0.3) is 10.0 Å². The van der Waals surface area contributed by atoms with Gasteiger partial charge in [-0.3, -0.25) is 9.59 Å². The number of alkyl halides is 5. The molecule has 3 saturated heterocycles. The Hall–Kier alpha value is -1.73. The van der Waals surface area contributed by atoms with Crippen molar-refractivity contribution in [3.05, 3.63) is 10.2 Å². The standard InChI is InChI=1S/C16H15F5INO13S2/c1-4(22)11(24)32-2-3-33-12(25)5-6-7-9(35-13(6)26)10(8(5)34-7)36-38(30,31)23-37(28,29)16(20,21)14(27)15(17,18)19/h5-10,14,23,27H,1-3H2. The molecule has 0 radical (unpaired) electrons. The van der Waals surface area contributed by atoms with E-state index < -0.39 is 105 Å². The molecular formula is C16H15F5INO13S2. The highest BCUT2D eigenvalue weighted by atomic mass is 127. The first kappa shape index (κ1) is 30.8. The summed E-state index contributed by atoms with van der Waals surface area (Å²) in [6, 6.07) is 0. The molecule has 3 aliphatic rings. The minimum absolute atomic E-state index is 0.0117. The predicted octanol–water partition coefficient (Wildman–Crippen LogP) is -0.974. The minimum atomic E-state index is -6.79. The average Bonchev–Trinajstić information content (AvgIpc) is 3.37. The molecule has 3 aliphatic heterocycles. The minimum Gasteiger partial charge on any atom is -0.462 e. The second-order valence-corrected chi connectivity index (χ2v) is 12.5. The fourth-order valence-electron chi connectivity index (χ4n) is 3.86. The lowest BCUT2D eigenvalue weighted by molar-refractivity contribution is -0.247. The van der Waals surface area contributed by atoms with Crippen molar-refractivity contribution in [1.82, 2.24) is 4.13 Å². The highest BCUT2D eigenvalue weighted by molar-refractivity contribution is 14.1. The number of aliphatic hydroxyl groups is 1. The molecule has 14 nitrogen and oxygen atoms in total. The number of halogens is 6. The van der Waals surface area contributed by atoms with E-state index in [0.29, 0.717) is 0 Å². The Kier molecular flexibility index (Phi) is 8.39. The summed E-state index contributed by atoms with van der Waals surface area (Å²) in [6.45, 7) is 2.33. The highest BCUT2D eigenvalue weighted by Gasteiger charge is 2.72. The first-order valence-electron chi connectivity index (χ1n) is 9.84. The summed E-state index contributed by atoms with van der Waals surface area (Å²) in [6.07, 6.45) is -17.5. The van der Waals surface area contributed by atoms with Crippen LogP contribution in [0.5, 0.6) is 0 Å². The number of ether oxygens (including phenoxy) is 4. The Bertz CT molecular complexity index is 1240. The van der Waals surface area contributed by atoms with Crippen LogP contribution in [0.2, 0.25) is 0 Å². The van der Waals surface area contributed by atoms with Crippen molar-refractivity contribution in [1.29, 1.82) is 0 Å². The summed E-state index contributed by atoms with van der Waals surface area (Å²) >= 11 is 1.57. The molecule has 22 heteroatoms. The number of hydrogen-bond acceptors (Lipinski definition) is 13. The highest BCUT2D eigenvalue weighted by Crippen LogP contribution is 2.51. The van der Waals surface area contributed by atoms with Crippen LogP contribution in [0.4, 0.5) is 22.0 Å². The molecule has 3 fully saturated rings. The molecule has 0 aromatic heterocycles. The number of rotatable bonds is 11. The Morgan fingerprint density at radius 3 is 2.21 bits per heavy atom. The van der Waals surface area contributed by atoms with Crippen LogP contribution in [-0.4, -0.2) is 95.0 Å². The molecule has 2 N–H and O–H groups in total. The third kappa shape index (κ3) is 5.74. The Morgan fingerprint density at radius 2 is 1.66 bits per heavy atom. The molecule has 38 heavy (non-hydrogen) atoms. The van der Waals surface area contributed by atoms with Gasteiger partial charge in [0.1, 0.15) is 43.4 Å². The molecule has 0 amide bonds. The molecule has 216 valence electrons. The maximum atomic E-state index is 13.8. The molecule has 7 atom stereocenters. The van der Waals surface area contributed by atoms with Gasteiger partial charge < -0.3 is 24.1 Å². The number of carbonyl (C=O) groups is 3. The molecule has 0 aromatic carbocycles. The Labute approximate surface area is 223 Å². The smallest absolute Gasteiger partial charge is 0.421 e. The van der Waals surface area contributed by atoms with E-state index in [4.69, 9.17) is 24.1 Å². The first-order chi connectivity index (χ1) is 17.2. The van der Waals surface area contributed by atoms with Gasteiger partial charge >= 0.3 is 39.6 Å². The summed E-state index contributed by atoms with van der Waals surface area (Å²) in [4.78, 5) is 36.1. The van der Waals surface area contributed by atoms with Gasteiger partial charge in [0.15, 0.2) is 6.10 Å². The molecule has 0 aliphatic carbocycles. The van der Waals surface area contributed by atoms with Crippen molar-refractivity contribution < 1.29 is 81.4 Å². The van der Waals surface area contributed by atoms with Crippen LogP contribution in [0.15, 0.2) is 10.2 Å². The molecule has 3 rings (SSSR count). The fraction of sp³-hybridized carbons (Fsp3) is 0.688. The number of aliphatic hydroxyl groups excluding tert-OH is 1. The van der Waals surface area contributed by atoms with E-state index in [0.717, 1.165) is 0 Å². The Balaban J connectivity index is 1.73. The van der Waals surface area contributed by atoms with Crippen LogP contribution >= 0.6 is 22.6 Å². The van der Waals surface area contributed by atoms with Gasteiger partial charge in [-0.15, -0.1) is 0 Å². The number of nitrogens with one attached hydrogen (secondary N) is 1. The van der Waals surface area contributed by atoms with E-state index in [1.54, 1.807) is 22.6 Å². The predicted molar refractivity (Wildman–Crippen MR) is 113 cm³/mol. The van der Waals surface area contributed by atoms with Crippen LogP contribution in [0.3, 0.4) is 0 Å². The van der Waals surface area contributed by atoms with Gasteiger partial charge in [-0.25, -0.2) is 17.4 Å². The second-order valence-electron chi connectivity index (χ2n) is 7.83. The zero-order valence-corrected chi connectivity index (χ0v) is 21.9. The van der Waals surface area contributed by atoms with Crippen molar-refractivity contribution in [2.75, 3.05) is 13.2 Å². The molecule has 0 spiro atoms. The van der Waals surface area contributed by atoms with Gasteiger partial charge in [-0.1, -0.05) is 10.7 Å². The van der Waals surface area contributed by atoms with Crippen LogP contribution < -0.4 is 4.13 Å². The summed E-state index contributed by atoms with van der Waals surface area (Å²) in [5.41, 5.74) is 0. The van der Waals surface area contributed by atoms with E-state index in [1.165, 1.54) is 0 Å². The van der Waals surface area contributed by atoms with E-state index in [1.807, 2.05) is 0 Å². The molecule has 7 unspecified atom stereocenters. The monoisotopic (exact) mass is 715 g/mol. The summed E-state index contributed by atoms with van der Waals surface area (Å²) in [7, 11) is -12.7. The topological polar surface area (TPSA) is 198 Å². The van der Waals surface area contributed by atoms with Crippen molar-refractivity contribution in [2.45, 2.75) is 42.0 Å². The summed E-state index contributed by atoms with van der Waals surface area (Å²) in [5, 5.41) is 2.60. The van der Waals surface area contributed by atoms with Crippen LogP contribution in [0.1, 0.15) is 0 Å². The van der Waals surface area contributed by atoms with Gasteiger partial charge in [-0.2, -0.15) is 30.4 Å². The number of hydrogen-bond donors (Lipinski definition) is 2. The number of fused-ring (bicyclic) bond motifs is 1. The largest absolute Gasteiger partial charge is 0.462 e. The molecular weight excluding hydrogens is 700 g/mol. The lowest BCUT2D eigenvalue weighted by Gasteiger charge is -2.27. The van der Waals surface area contributed by atoms with Crippen molar-refractivity contribution in [2.24, 2.45) is 11.8 Å². The average molecular weight is 715 g/mol. The van der Waals surface area contributed by atoms with Gasteiger partial charge in [0, 0.05) is 0 Å². The fourth-order valence-corrected chi connectivity index (χ4v) is 6.63. The quantitative estimate of drug-likeness (QED) is 0.0663. The van der Waals surface area contributed by atoms with Crippen molar-refractivity contribution in [3.8, 4) is 0 Å². The van der Waals surface area contributed by atoms with Crippen LogP contribution in [0, 0.1) is 11.8 Å². The normalized spacial score (nSPS) is 29.6. The maximum Gasteiger partial charge on any atom is 0.421 e. The SMILES string of the molecule is C=C(I)C(=O)OCCOC(=O)C1C2OC3C(OC(=O)C31)C2OS(=O)(=O)NS(=O)(=O)C(F)(F)C(O)C(F)(F)F. The third-order valence-electron chi connectivity index (χ3n) is 5.40. The maximum absolute atomic E-state index is 13.8.